The first-order chi connectivity index (χ1) is 9.28. The molecule has 0 radical (unpaired) electrons. The van der Waals surface area contributed by atoms with Crippen LogP contribution in [0.2, 0.25) is 5.02 Å². The Hall–Kier alpha value is -1.29. The Morgan fingerprint density at radius 2 is 2.10 bits per heavy atom. The first-order valence-electron chi connectivity index (χ1n) is 6.70. The molecule has 3 nitrogen and oxygen atoms in total. The number of rotatable bonds is 3. The van der Waals surface area contributed by atoms with Gasteiger partial charge in [0.1, 0.15) is 11.4 Å². The molecule has 0 atom stereocenters. The van der Waals surface area contributed by atoms with Crippen LogP contribution >= 0.6 is 11.6 Å². The molecule has 0 saturated heterocycles. The van der Waals surface area contributed by atoms with Gasteiger partial charge in [0.05, 0.1) is 6.54 Å². The predicted octanol–water partition coefficient (Wildman–Crippen LogP) is 4.38. The molecule has 1 aliphatic carbocycles. The van der Waals surface area contributed by atoms with Gasteiger partial charge in [0.2, 0.25) is 0 Å². The van der Waals surface area contributed by atoms with Gasteiger partial charge in [-0.15, -0.1) is 0 Å². The molecule has 0 bridgehead atoms. The van der Waals surface area contributed by atoms with Crippen molar-refractivity contribution in [3.05, 3.63) is 34.6 Å². The first-order valence-corrected chi connectivity index (χ1v) is 7.08. The molecule has 1 aliphatic rings. The van der Waals surface area contributed by atoms with Gasteiger partial charge in [0.25, 0.3) is 0 Å². The lowest BCUT2D eigenvalue weighted by atomic mass is 10.2. The summed E-state index contributed by atoms with van der Waals surface area (Å²) >= 11 is 6.02. The fourth-order valence-corrected chi connectivity index (χ4v) is 2.13. The molecule has 1 aromatic rings. The van der Waals surface area contributed by atoms with Gasteiger partial charge in [-0.3, -0.25) is 0 Å². The maximum atomic E-state index is 13.8. The minimum absolute atomic E-state index is 0.125. The van der Waals surface area contributed by atoms with Crippen molar-refractivity contribution in [2.24, 2.45) is 0 Å². The zero-order chi connectivity index (χ0) is 14.9. The van der Waals surface area contributed by atoms with Gasteiger partial charge in [0.15, 0.2) is 0 Å². The SMILES string of the molecule is CC(C)(C)OC(=O)N(Cc1c(F)cccc1Cl)C1CC1. The van der Waals surface area contributed by atoms with E-state index in [1.165, 1.54) is 6.07 Å². The highest BCUT2D eigenvalue weighted by molar-refractivity contribution is 6.31. The van der Waals surface area contributed by atoms with Crippen LogP contribution in [0.3, 0.4) is 0 Å². The molecule has 1 amide bonds. The topological polar surface area (TPSA) is 29.5 Å². The van der Waals surface area contributed by atoms with Crippen molar-refractivity contribution >= 4 is 17.7 Å². The van der Waals surface area contributed by atoms with Crippen molar-refractivity contribution in [3.8, 4) is 0 Å². The molecule has 0 N–H and O–H groups in total. The number of amides is 1. The lowest BCUT2D eigenvalue weighted by molar-refractivity contribution is 0.0215. The van der Waals surface area contributed by atoms with Crippen LogP contribution in [0, 0.1) is 5.82 Å². The molecule has 2 rings (SSSR count). The van der Waals surface area contributed by atoms with E-state index in [1.807, 2.05) is 20.8 Å². The van der Waals surface area contributed by atoms with E-state index < -0.39 is 17.5 Å². The van der Waals surface area contributed by atoms with Gasteiger partial charge in [-0.2, -0.15) is 0 Å². The van der Waals surface area contributed by atoms with E-state index in [1.54, 1.807) is 17.0 Å². The quantitative estimate of drug-likeness (QED) is 0.829. The van der Waals surface area contributed by atoms with Gasteiger partial charge in [-0.25, -0.2) is 9.18 Å². The number of hydrogen-bond acceptors (Lipinski definition) is 2. The second-order valence-electron chi connectivity index (χ2n) is 6.04. The van der Waals surface area contributed by atoms with E-state index in [9.17, 15) is 9.18 Å². The monoisotopic (exact) mass is 299 g/mol. The summed E-state index contributed by atoms with van der Waals surface area (Å²) in [5, 5.41) is 0.333. The summed E-state index contributed by atoms with van der Waals surface area (Å²) in [5.41, 5.74) is -0.226. The van der Waals surface area contributed by atoms with Crippen LogP contribution < -0.4 is 0 Å². The second kappa shape index (κ2) is 5.60. The third-order valence-electron chi connectivity index (χ3n) is 3.01. The van der Waals surface area contributed by atoms with Gasteiger partial charge < -0.3 is 9.64 Å². The van der Waals surface area contributed by atoms with Crippen molar-refractivity contribution in [2.45, 2.75) is 51.8 Å². The van der Waals surface area contributed by atoms with E-state index in [4.69, 9.17) is 16.3 Å². The number of carbonyl (C=O) groups is 1. The molecule has 0 heterocycles. The second-order valence-corrected chi connectivity index (χ2v) is 6.45. The third kappa shape index (κ3) is 3.85. The van der Waals surface area contributed by atoms with Crippen molar-refractivity contribution < 1.29 is 13.9 Å². The number of ether oxygens (including phenoxy) is 1. The fourth-order valence-electron chi connectivity index (χ4n) is 1.90. The summed E-state index contributed by atoms with van der Waals surface area (Å²) in [4.78, 5) is 13.8. The fraction of sp³-hybridized carbons (Fsp3) is 0.533. The van der Waals surface area contributed by atoms with E-state index in [0.29, 0.717) is 10.6 Å². The molecule has 0 unspecified atom stereocenters. The minimum atomic E-state index is -0.566. The van der Waals surface area contributed by atoms with Gasteiger partial charge in [-0.05, 0) is 45.7 Å². The summed E-state index contributed by atoms with van der Waals surface area (Å²) in [7, 11) is 0. The highest BCUT2D eigenvalue weighted by Gasteiger charge is 2.36. The molecule has 0 spiro atoms. The summed E-state index contributed by atoms with van der Waals surface area (Å²) in [6.07, 6.45) is 1.43. The molecule has 110 valence electrons. The van der Waals surface area contributed by atoms with Crippen LogP contribution in [0.1, 0.15) is 39.2 Å². The number of nitrogens with zero attached hydrogens (tertiary/aromatic N) is 1. The Morgan fingerprint density at radius 3 is 2.60 bits per heavy atom. The number of carbonyl (C=O) groups excluding carboxylic acids is 1. The average Bonchev–Trinajstić information content (AvgIpc) is 3.10. The van der Waals surface area contributed by atoms with Crippen LogP contribution in [0.15, 0.2) is 18.2 Å². The standard InChI is InChI=1S/C15H19ClFNO2/c1-15(2,3)20-14(19)18(10-7-8-10)9-11-12(16)5-4-6-13(11)17/h4-6,10H,7-9H2,1-3H3. The van der Waals surface area contributed by atoms with Crippen LogP contribution in [0.4, 0.5) is 9.18 Å². The first kappa shape index (κ1) is 15.1. The smallest absolute Gasteiger partial charge is 0.410 e. The number of halogens is 2. The average molecular weight is 300 g/mol. The molecule has 20 heavy (non-hydrogen) atoms. The predicted molar refractivity (Wildman–Crippen MR) is 76.2 cm³/mol. The van der Waals surface area contributed by atoms with Crippen LogP contribution in [-0.2, 0) is 11.3 Å². The van der Waals surface area contributed by atoms with E-state index >= 15 is 0 Å². The van der Waals surface area contributed by atoms with Crippen molar-refractivity contribution in [1.82, 2.24) is 4.90 Å². The minimum Gasteiger partial charge on any atom is -0.444 e. The maximum absolute atomic E-state index is 13.8. The Kier molecular flexibility index (Phi) is 4.23. The summed E-state index contributed by atoms with van der Waals surface area (Å²) < 4.78 is 19.2. The molecule has 5 heteroatoms. The van der Waals surface area contributed by atoms with E-state index in [-0.39, 0.29) is 12.6 Å². The van der Waals surface area contributed by atoms with E-state index in [2.05, 4.69) is 0 Å². The van der Waals surface area contributed by atoms with Crippen LogP contribution in [0.5, 0.6) is 0 Å². The van der Waals surface area contributed by atoms with Gasteiger partial charge >= 0.3 is 6.09 Å². The largest absolute Gasteiger partial charge is 0.444 e. The Balaban J connectivity index is 2.16. The molecular formula is C15H19ClFNO2. The number of benzene rings is 1. The third-order valence-corrected chi connectivity index (χ3v) is 3.36. The summed E-state index contributed by atoms with van der Waals surface area (Å²) in [6.45, 7) is 5.58. The van der Waals surface area contributed by atoms with Crippen LogP contribution in [0.25, 0.3) is 0 Å². The lowest BCUT2D eigenvalue weighted by Crippen LogP contribution is -2.38. The summed E-state index contributed by atoms with van der Waals surface area (Å²) in [5.74, 6) is -0.397. The van der Waals surface area contributed by atoms with E-state index in [0.717, 1.165) is 12.8 Å². The zero-order valence-electron chi connectivity index (χ0n) is 12.0. The molecule has 1 aromatic carbocycles. The summed E-state index contributed by atoms with van der Waals surface area (Å²) in [6, 6.07) is 4.65. The van der Waals surface area contributed by atoms with Crippen LogP contribution in [-0.4, -0.2) is 22.6 Å². The Morgan fingerprint density at radius 1 is 1.45 bits per heavy atom. The maximum Gasteiger partial charge on any atom is 0.410 e. The normalized spacial score (nSPS) is 15.1. The highest BCUT2D eigenvalue weighted by atomic mass is 35.5. The van der Waals surface area contributed by atoms with Gasteiger partial charge in [-0.1, -0.05) is 17.7 Å². The van der Waals surface area contributed by atoms with Gasteiger partial charge in [0, 0.05) is 16.6 Å². The Bertz CT molecular complexity index is 489. The molecular weight excluding hydrogens is 281 g/mol. The number of hydrogen-bond donors (Lipinski definition) is 0. The molecule has 0 aromatic heterocycles. The molecule has 1 saturated carbocycles. The highest BCUT2D eigenvalue weighted by Crippen LogP contribution is 2.31. The molecule has 1 fully saturated rings. The van der Waals surface area contributed by atoms with Crippen molar-refractivity contribution in [2.75, 3.05) is 0 Å². The Labute approximate surface area is 123 Å². The molecule has 0 aliphatic heterocycles. The lowest BCUT2D eigenvalue weighted by Gasteiger charge is -2.27. The van der Waals surface area contributed by atoms with Crippen molar-refractivity contribution in [3.63, 3.8) is 0 Å². The zero-order valence-corrected chi connectivity index (χ0v) is 12.7. The van der Waals surface area contributed by atoms with Crippen molar-refractivity contribution in [1.29, 1.82) is 0 Å².